The maximum absolute atomic E-state index is 10.5. The van der Waals surface area contributed by atoms with E-state index in [1.807, 2.05) is 13.8 Å². The van der Waals surface area contributed by atoms with Crippen LogP contribution < -0.4 is 5.32 Å². The summed E-state index contributed by atoms with van der Waals surface area (Å²) in [5.41, 5.74) is 0. The van der Waals surface area contributed by atoms with Crippen LogP contribution in [0.25, 0.3) is 0 Å². The van der Waals surface area contributed by atoms with E-state index in [0.29, 0.717) is 0 Å². The van der Waals surface area contributed by atoms with Crippen LogP contribution in [0.15, 0.2) is 0 Å². The van der Waals surface area contributed by atoms with E-state index in [1.54, 1.807) is 0 Å². The molecule has 0 aliphatic heterocycles. The fourth-order valence-corrected chi connectivity index (χ4v) is 0.776. The number of carbonyl (C=O) groups excluding carboxylic acids is 1. The van der Waals surface area contributed by atoms with Gasteiger partial charge in [-0.25, -0.2) is 0 Å². The van der Waals surface area contributed by atoms with Gasteiger partial charge in [0.25, 0.3) is 0 Å². The van der Waals surface area contributed by atoms with Crippen molar-refractivity contribution in [3.63, 3.8) is 0 Å². The zero-order valence-corrected chi connectivity index (χ0v) is 6.38. The molecule has 0 unspecified atom stereocenters. The zero-order chi connectivity index (χ0) is 6.57. The van der Waals surface area contributed by atoms with Crippen molar-refractivity contribution in [2.45, 2.75) is 19.9 Å². The molecule has 0 rings (SSSR count). The molecule has 3 heteroatoms. The Labute approximate surface area is 55.5 Å². The molecule has 1 N–H and O–H groups in total. The van der Waals surface area contributed by atoms with Gasteiger partial charge >= 0.3 is 54.9 Å². The number of nitrogens with one attached hydrogen (secondary N) is 1. The Kier molecular flexibility index (Phi) is 3.76. The topological polar surface area (TPSA) is 29.1 Å². The number of rotatable bonds is 2. The Bertz CT molecular complexity index is 101. The monoisotopic (exact) mass is 152 g/mol. The van der Waals surface area contributed by atoms with E-state index in [9.17, 15) is 4.79 Å². The van der Waals surface area contributed by atoms with E-state index in [1.165, 1.54) is 0 Å². The molecular weight excluding hydrogens is 142 g/mol. The van der Waals surface area contributed by atoms with Gasteiger partial charge in [-0.3, -0.25) is 0 Å². The third kappa shape index (κ3) is 4.04. The fourth-order valence-electron chi connectivity index (χ4n) is 0.277. The molecule has 0 aliphatic carbocycles. The van der Waals surface area contributed by atoms with Gasteiger partial charge in [0.05, 0.1) is 0 Å². The molecule has 47 valence electrons. The molecule has 8 heavy (non-hydrogen) atoms. The van der Waals surface area contributed by atoms with Gasteiger partial charge in [0.1, 0.15) is 0 Å². The van der Waals surface area contributed by atoms with E-state index in [-0.39, 0.29) is 25.6 Å². The number of carbonyl (C=O) groups is 1. The molecule has 0 heterocycles. The van der Waals surface area contributed by atoms with E-state index in [2.05, 4.69) is 10.7 Å². The molecule has 0 aliphatic rings. The summed E-state index contributed by atoms with van der Waals surface area (Å²) in [5, 5.41) is 6.21. The normalized spacial score (nSPS) is 8.88. The van der Waals surface area contributed by atoms with Crippen LogP contribution in [0.3, 0.4) is 0 Å². The van der Waals surface area contributed by atoms with Crippen LogP contribution in [-0.2, 0) is 14.8 Å². The van der Waals surface area contributed by atoms with E-state index < -0.39 is 0 Å². The second kappa shape index (κ2) is 3.82. The molecule has 0 aromatic carbocycles. The summed E-state index contributed by atoms with van der Waals surface area (Å²) >= 11 is -0.135. The van der Waals surface area contributed by atoms with Gasteiger partial charge in [0.2, 0.25) is 0 Å². The average molecular weight is 152 g/mol. The molecule has 0 aromatic heterocycles. The number of amides is 1. The second-order valence-electron chi connectivity index (χ2n) is 1.73. The summed E-state index contributed by atoms with van der Waals surface area (Å²) in [4.78, 5) is 10.5. The minimum absolute atomic E-state index is 0.0764. The standard InChI is InChI=1S/C4H8NO.CH2.Cr/c1-4(2)5-3-6;;/h4H,1-2H3,(H,5,6);1H2;. The molecule has 0 saturated heterocycles. The summed E-state index contributed by atoms with van der Waals surface area (Å²) in [6.45, 7) is 3.87. The van der Waals surface area contributed by atoms with Crippen LogP contribution in [0, 0.1) is 0 Å². The Hall–Kier alpha value is -0.128. The van der Waals surface area contributed by atoms with Gasteiger partial charge in [-0.2, -0.15) is 0 Å². The van der Waals surface area contributed by atoms with Crippen molar-refractivity contribution in [1.82, 2.24) is 5.32 Å². The first kappa shape index (κ1) is 7.87. The summed E-state index contributed by atoms with van der Waals surface area (Å²) in [6.07, 6.45) is 0. The van der Waals surface area contributed by atoms with Crippen molar-refractivity contribution in [1.29, 1.82) is 0 Å². The molecule has 2 nitrogen and oxygen atoms in total. The van der Waals surface area contributed by atoms with Gasteiger partial charge in [0.15, 0.2) is 0 Å². The van der Waals surface area contributed by atoms with Crippen molar-refractivity contribution in [2.75, 3.05) is 0 Å². The van der Waals surface area contributed by atoms with Gasteiger partial charge in [-0.15, -0.1) is 0 Å². The average Bonchev–Trinajstić information content (AvgIpc) is 1.65. The number of hydrogen-bond acceptors (Lipinski definition) is 1. The Morgan fingerprint density at radius 1 is 1.75 bits per heavy atom. The van der Waals surface area contributed by atoms with Crippen LogP contribution in [0.2, 0.25) is 0 Å². The van der Waals surface area contributed by atoms with Crippen molar-refractivity contribution in [2.24, 2.45) is 0 Å². The zero-order valence-electron chi connectivity index (χ0n) is 5.10. The molecule has 0 bridgehead atoms. The SMILES string of the molecule is [CH2]=[Cr][C](=O)NC(C)C. The maximum atomic E-state index is 10.5. The Balaban J connectivity index is 3.39. The Morgan fingerprint density at radius 3 is 2.38 bits per heavy atom. The van der Waals surface area contributed by atoms with Gasteiger partial charge in [-0.05, 0) is 0 Å². The van der Waals surface area contributed by atoms with Crippen molar-refractivity contribution in [3.8, 4) is 0 Å². The van der Waals surface area contributed by atoms with Crippen molar-refractivity contribution < 1.29 is 19.6 Å². The third-order valence-electron chi connectivity index (χ3n) is 0.538. The van der Waals surface area contributed by atoms with Crippen molar-refractivity contribution in [3.05, 3.63) is 0 Å². The second-order valence-corrected chi connectivity index (χ2v) is 2.76. The van der Waals surface area contributed by atoms with Crippen molar-refractivity contribution >= 4 is 10.2 Å². The van der Waals surface area contributed by atoms with E-state index in [0.717, 1.165) is 0 Å². The first-order chi connectivity index (χ1) is 3.66. The predicted molar refractivity (Wildman–Crippen MR) is 30.8 cm³/mol. The van der Waals surface area contributed by atoms with Crippen LogP contribution in [0.1, 0.15) is 13.8 Å². The van der Waals surface area contributed by atoms with Crippen LogP contribution in [0.4, 0.5) is 4.79 Å². The molecule has 0 atom stereocenters. The predicted octanol–water partition coefficient (Wildman–Crippen LogP) is 0.619. The quantitative estimate of drug-likeness (QED) is 0.617. The summed E-state index contributed by atoms with van der Waals surface area (Å²) in [5.74, 6) is 0. The first-order valence-corrected chi connectivity index (χ1v) is 3.93. The molecule has 1 amide bonds. The molecule has 0 radical (unpaired) electrons. The van der Waals surface area contributed by atoms with Gasteiger partial charge in [0, 0.05) is 0 Å². The van der Waals surface area contributed by atoms with Crippen LogP contribution >= 0.6 is 0 Å². The van der Waals surface area contributed by atoms with Crippen LogP contribution in [-0.4, -0.2) is 16.2 Å². The van der Waals surface area contributed by atoms with E-state index >= 15 is 0 Å². The summed E-state index contributed by atoms with van der Waals surface area (Å²) in [7, 11) is 0. The third-order valence-corrected chi connectivity index (χ3v) is 1.13. The van der Waals surface area contributed by atoms with Crippen LogP contribution in [0.5, 0.6) is 0 Å². The molecule has 0 aromatic rings. The van der Waals surface area contributed by atoms with Gasteiger partial charge in [-0.1, -0.05) is 0 Å². The Morgan fingerprint density at radius 2 is 2.25 bits per heavy atom. The fraction of sp³-hybridized carbons (Fsp3) is 0.600. The van der Waals surface area contributed by atoms with Gasteiger partial charge < -0.3 is 0 Å². The summed E-state index contributed by atoms with van der Waals surface area (Å²) in [6, 6.07) is 0.256. The first-order valence-electron chi connectivity index (χ1n) is 2.39. The van der Waals surface area contributed by atoms with E-state index in [4.69, 9.17) is 0 Å². The number of hydrogen-bond donors (Lipinski definition) is 1. The molecule has 0 spiro atoms. The molecule has 0 saturated carbocycles. The summed E-state index contributed by atoms with van der Waals surface area (Å²) < 4.78 is 0.0764. The minimum atomic E-state index is -0.135. The molecule has 0 fully saturated rings. The molecular formula is C5H10CrNO.